The molecule has 0 bridgehead atoms. The quantitative estimate of drug-likeness (QED) is 0.898. The summed E-state index contributed by atoms with van der Waals surface area (Å²) in [5.74, 6) is 0.336. The Kier molecular flexibility index (Phi) is 7.99. The third kappa shape index (κ3) is 4.64. The third-order valence-electron chi connectivity index (χ3n) is 3.40. The molecule has 1 aromatic heterocycles. The van der Waals surface area contributed by atoms with Crippen molar-refractivity contribution in [1.29, 1.82) is 0 Å². The minimum absolute atomic E-state index is 0. The number of halogens is 2. The molecule has 6 heteroatoms. The van der Waals surface area contributed by atoms with Crippen LogP contribution in [-0.2, 0) is 0 Å². The molecule has 0 radical (unpaired) electrons. The van der Waals surface area contributed by atoms with Crippen LogP contribution in [0, 0.1) is 12.8 Å². The number of carbonyl (C=O) groups is 1. The van der Waals surface area contributed by atoms with Gasteiger partial charge < -0.3 is 11.1 Å². The molecule has 2 unspecified atom stereocenters. The van der Waals surface area contributed by atoms with Gasteiger partial charge >= 0.3 is 0 Å². The summed E-state index contributed by atoms with van der Waals surface area (Å²) in [4.78, 5) is 16.2. The molecule has 3 N–H and O–H groups in total. The number of nitrogens with zero attached hydrogens (tertiary/aromatic N) is 1. The van der Waals surface area contributed by atoms with E-state index in [9.17, 15) is 4.79 Å². The summed E-state index contributed by atoms with van der Waals surface area (Å²) in [6.45, 7) is 2.53. The number of carbonyl (C=O) groups excluding carboxylic acids is 1. The number of aryl methyl sites for hydroxylation is 1. The van der Waals surface area contributed by atoms with E-state index in [1.54, 1.807) is 6.07 Å². The molecular weight excluding hydrogens is 285 g/mol. The fourth-order valence-electron chi connectivity index (χ4n) is 2.42. The number of rotatable bonds is 3. The summed E-state index contributed by atoms with van der Waals surface area (Å²) in [6.07, 6.45) is 3.29. The highest BCUT2D eigenvalue weighted by Crippen LogP contribution is 2.24. The number of hydrogen-bond donors (Lipinski definition) is 2. The summed E-state index contributed by atoms with van der Waals surface area (Å²) < 4.78 is 0. The number of hydrogen-bond acceptors (Lipinski definition) is 3. The van der Waals surface area contributed by atoms with Crippen LogP contribution in [0.4, 0.5) is 0 Å². The summed E-state index contributed by atoms with van der Waals surface area (Å²) in [7, 11) is 0. The Labute approximate surface area is 126 Å². The molecule has 2 atom stereocenters. The maximum atomic E-state index is 12.0. The second-order valence-corrected chi connectivity index (χ2v) is 4.67. The maximum Gasteiger partial charge on any atom is 0.270 e. The van der Waals surface area contributed by atoms with E-state index in [1.807, 2.05) is 19.1 Å². The zero-order valence-corrected chi connectivity index (χ0v) is 12.6. The molecule has 0 spiro atoms. The molecule has 1 aliphatic carbocycles. The van der Waals surface area contributed by atoms with E-state index >= 15 is 0 Å². The lowest BCUT2D eigenvalue weighted by atomic mass is 10.0. The van der Waals surface area contributed by atoms with Gasteiger partial charge in [0.05, 0.1) is 0 Å². The first-order valence-electron chi connectivity index (χ1n) is 6.15. The molecule has 2 rings (SSSR count). The van der Waals surface area contributed by atoms with Crippen LogP contribution in [0.1, 0.15) is 35.4 Å². The normalized spacial score (nSPS) is 21.2. The Morgan fingerprint density at radius 3 is 2.79 bits per heavy atom. The van der Waals surface area contributed by atoms with Gasteiger partial charge in [0.15, 0.2) is 0 Å². The molecule has 1 heterocycles. The smallest absolute Gasteiger partial charge is 0.270 e. The van der Waals surface area contributed by atoms with E-state index in [1.165, 1.54) is 0 Å². The molecule has 1 fully saturated rings. The van der Waals surface area contributed by atoms with Gasteiger partial charge in [-0.25, -0.2) is 4.98 Å². The molecule has 1 aliphatic rings. The van der Waals surface area contributed by atoms with Crippen molar-refractivity contribution in [1.82, 2.24) is 10.3 Å². The first-order valence-corrected chi connectivity index (χ1v) is 6.15. The Morgan fingerprint density at radius 2 is 2.16 bits per heavy atom. The molecule has 4 nitrogen and oxygen atoms in total. The molecule has 108 valence electrons. The van der Waals surface area contributed by atoms with Gasteiger partial charge in [0.2, 0.25) is 0 Å². The topological polar surface area (TPSA) is 68.0 Å². The van der Waals surface area contributed by atoms with Crippen molar-refractivity contribution in [2.75, 3.05) is 6.54 Å². The number of pyridine rings is 1. The van der Waals surface area contributed by atoms with Crippen LogP contribution in [0.2, 0.25) is 0 Å². The molecular formula is C13H21Cl2N3O. The second-order valence-electron chi connectivity index (χ2n) is 4.67. The molecule has 1 saturated carbocycles. The Balaban J connectivity index is 0.00000162. The highest BCUT2D eigenvalue weighted by Gasteiger charge is 2.27. The molecule has 19 heavy (non-hydrogen) atoms. The van der Waals surface area contributed by atoms with Crippen LogP contribution >= 0.6 is 24.8 Å². The lowest BCUT2D eigenvalue weighted by Crippen LogP contribution is -2.40. The van der Waals surface area contributed by atoms with Crippen molar-refractivity contribution >= 4 is 30.7 Å². The van der Waals surface area contributed by atoms with E-state index in [0.717, 1.165) is 25.0 Å². The largest absolute Gasteiger partial charge is 0.348 e. The molecule has 1 amide bonds. The van der Waals surface area contributed by atoms with Crippen molar-refractivity contribution in [3.63, 3.8) is 0 Å². The van der Waals surface area contributed by atoms with E-state index < -0.39 is 0 Å². The standard InChI is InChI=1S/C13H19N3O.2ClH/c1-9-4-2-7-12(15-9)13(17)16-11-6-3-5-10(11)8-14;;/h2,4,7,10-11H,3,5-6,8,14H2,1H3,(H,16,17);2*1H. The Bertz CT molecular complexity index is 415. The van der Waals surface area contributed by atoms with Crippen LogP contribution in [-0.4, -0.2) is 23.5 Å². The van der Waals surface area contributed by atoms with Gasteiger partial charge in [-0.15, -0.1) is 24.8 Å². The number of aromatic nitrogens is 1. The van der Waals surface area contributed by atoms with E-state index in [2.05, 4.69) is 10.3 Å². The number of amides is 1. The maximum absolute atomic E-state index is 12.0. The fourth-order valence-corrected chi connectivity index (χ4v) is 2.42. The second kappa shape index (κ2) is 8.35. The average molecular weight is 306 g/mol. The van der Waals surface area contributed by atoms with Crippen molar-refractivity contribution in [2.45, 2.75) is 32.2 Å². The zero-order valence-electron chi connectivity index (χ0n) is 11.0. The van der Waals surface area contributed by atoms with E-state index in [4.69, 9.17) is 5.73 Å². The summed E-state index contributed by atoms with van der Waals surface area (Å²) in [6, 6.07) is 5.70. The third-order valence-corrected chi connectivity index (χ3v) is 3.40. The summed E-state index contributed by atoms with van der Waals surface area (Å²) in [5.41, 5.74) is 7.05. The van der Waals surface area contributed by atoms with Gasteiger partial charge in [-0.05, 0) is 44.4 Å². The minimum atomic E-state index is -0.0842. The predicted octanol–water partition coefficient (Wildman–Crippen LogP) is 2.09. The number of nitrogens with one attached hydrogen (secondary N) is 1. The van der Waals surface area contributed by atoms with Crippen molar-refractivity contribution in [3.8, 4) is 0 Å². The fraction of sp³-hybridized carbons (Fsp3) is 0.538. The molecule has 0 aromatic carbocycles. The van der Waals surface area contributed by atoms with E-state index in [-0.39, 0.29) is 36.8 Å². The van der Waals surface area contributed by atoms with Gasteiger partial charge in [-0.3, -0.25) is 4.79 Å². The van der Waals surface area contributed by atoms with Gasteiger partial charge in [0.1, 0.15) is 5.69 Å². The molecule has 1 aromatic rings. The Hall–Kier alpha value is -0.840. The van der Waals surface area contributed by atoms with Crippen LogP contribution in [0.3, 0.4) is 0 Å². The van der Waals surface area contributed by atoms with Crippen molar-refractivity contribution in [3.05, 3.63) is 29.6 Å². The van der Waals surface area contributed by atoms with Crippen LogP contribution in [0.15, 0.2) is 18.2 Å². The highest BCUT2D eigenvalue weighted by molar-refractivity contribution is 5.92. The monoisotopic (exact) mass is 305 g/mol. The zero-order chi connectivity index (χ0) is 12.3. The van der Waals surface area contributed by atoms with Gasteiger partial charge in [-0.2, -0.15) is 0 Å². The van der Waals surface area contributed by atoms with Gasteiger partial charge in [-0.1, -0.05) is 12.5 Å². The predicted molar refractivity (Wildman–Crippen MR) is 81.1 cm³/mol. The summed E-state index contributed by atoms with van der Waals surface area (Å²) in [5, 5.41) is 3.04. The van der Waals surface area contributed by atoms with Crippen LogP contribution in [0.25, 0.3) is 0 Å². The number of nitrogens with two attached hydrogens (primary N) is 1. The highest BCUT2D eigenvalue weighted by atomic mass is 35.5. The average Bonchev–Trinajstić information content (AvgIpc) is 2.76. The minimum Gasteiger partial charge on any atom is -0.348 e. The van der Waals surface area contributed by atoms with Crippen molar-refractivity contribution in [2.24, 2.45) is 11.7 Å². The van der Waals surface area contributed by atoms with Gasteiger partial charge in [0, 0.05) is 11.7 Å². The molecule has 0 aliphatic heterocycles. The van der Waals surface area contributed by atoms with Crippen LogP contribution in [0.5, 0.6) is 0 Å². The lowest BCUT2D eigenvalue weighted by Gasteiger charge is -2.19. The SMILES string of the molecule is Cc1cccc(C(=O)NC2CCCC2CN)n1.Cl.Cl. The first kappa shape index (κ1) is 18.2. The van der Waals surface area contributed by atoms with Gasteiger partial charge in [0.25, 0.3) is 5.91 Å². The van der Waals surface area contributed by atoms with Crippen molar-refractivity contribution < 1.29 is 4.79 Å². The summed E-state index contributed by atoms with van der Waals surface area (Å²) >= 11 is 0. The van der Waals surface area contributed by atoms with Crippen LogP contribution < -0.4 is 11.1 Å². The van der Waals surface area contributed by atoms with E-state index in [0.29, 0.717) is 18.2 Å². The lowest BCUT2D eigenvalue weighted by molar-refractivity contribution is 0.0923. The first-order chi connectivity index (χ1) is 8.20. The molecule has 0 saturated heterocycles. The Morgan fingerprint density at radius 1 is 1.42 bits per heavy atom.